The van der Waals surface area contributed by atoms with Gasteiger partial charge in [-0.3, -0.25) is 0 Å². The largest absolute Gasteiger partial charge is 0.399 e. The fraction of sp³-hybridized carbons (Fsp3) is 1.00. The van der Waals surface area contributed by atoms with Crippen LogP contribution in [-0.4, -0.2) is 21.6 Å². The quantitative estimate of drug-likeness (QED) is 0.481. The topological polar surface area (TPSA) is 52.6 Å². The van der Waals surface area contributed by atoms with Crippen LogP contribution in [0.25, 0.3) is 0 Å². The highest BCUT2D eigenvalue weighted by molar-refractivity contribution is 7.81. The monoisotopic (exact) mass is 280 g/mol. The van der Waals surface area contributed by atoms with E-state index in [0.29, 0.717) is 6.42 Å². The Morgan fingerprint density at radius 2 is 1.17 bits per heavy atom. The van der Waals surface area contributed by atoms with E-state index in [9.17, 15) is 8.42 Å². The highest BCUT2D eigenvalue weighted by atomic mass is 32.3. The molecule has 0 aromatic carbocycles. The van der Waals surface area contributed by atoms with Crippen molar-refractivity contribution in [3.8, 4) is 0 Å². The SMILES string of the molecule is CCCCCCCCCCOS(=O)(=O)OCCC. The van der Waals surface area contributed by atoms with Crippen LogP contribution in [-0.2, 0) is 18.8 Å². The molecule has 0 aromatic rings. The molecule has 0 fully saturated rings. The first kappa shape index (κ1) is 17.9. The molecule has 0 rings (SSSR count). The summed E-state index contributed by atoms with van der Waals surface area (Å²) in [7, 11) is -3.75. The van der Waals surface area contributed by atoms with E-state index in [0.717, 1.165) is 19.3 Å². The molecule has 0 heterocycles. The fourth-order valence-corrected chi connectivity index (χ4v) is 2.38. The standard InChI is InChI=1S/C13H28O4S/c1-3-5-6-7-8-9-10-11-13-17-18(14,15)16-12-4-2/h3-13H2,1-2H3. The van der Waals surface area contributed by atoms with Crippen LogP contribution in [0, 0.1) is 0 Å². The fourth-order valence-electron chi connectivity index (χ4n) is 1.62. The molecule has 18 heavy (non-hydrogen) atoms. The number of rotatable bonds is 13. The Hall–Kier alpha value is -0.130. The van der Waals surface area contributed by atoms with Gasteiger partial charge in [0.15, 0.2) is 0 Å². The van der Waals surface area contributed by atoms with Crippen LogP contribution in [0.1, 0.15) is 71.6 Å². The summed E-state index contributed by atoms with van der Waals surface area (Å²) in [6, 6.07) is 0. The van der Waals surface area contributed by atoms with E-state index in [1.165, 1.54) is 32.1 Å². The molecule has 0 aliphatic carbocycles. The number of hydrogen-bond donors (Lipinski definition) is 0. The van der Waals surface area contributed by atoms with Gasteiger partial charge in [0.25, 0.3) is 0 Å². The second-order valence-corrected chi connectivity index (χ2v) is 5.81. The van der Waals surface area contributed by atoms with E-state index < -0.39 is 10.4 Å². The van der Waals surface area contributed by atoms with Gasteiger partial charge in [-0.2, -0.15) is 8.42 Å². The minimum Gasteiger partial charge on any atom is -0.248 e. The molecular formula is C13H28O4S. The van der Waals surface area contributed by atoms with Gasteiger partial charge in [-0.05, 0) is 12.8 Å². The lowest BCUT2D eigenvalue weighted by Crippen LogP contribution is -2.11. The van der Waals surface area contributed by atoms with E-state index in [1.807, 2.05) is 6.92 Å². The molecule has 0 spiro atoms. The summed E-state index contributed by atoms with van der Waals surface area (Å²) in [6.45, 7) is 4.49. The zero-order valence-electron chi connectivity index (χ0n) is 11.8. The molecule has 0 atom stereocenters. The van der Waals surface area contributed by atoms with Gasteiger partial charge in [0.05, 0.1) is 13.2 Å². The van der Waals surface area contributed by atoms with Crippen molar-refractivity contribution in [2.45, 2.75) is 71.6 Å². The Labute approximate surface area is 112 Å². The Balaban J connectivity index is 3.29. The second kappa shape index (κ2) is 11.9. The van der Waals surface area contributed by atoms with Gasteiger partial charge in [0.2, 0.25) is 0 Å². The van der Waals surface area contributed by atoms with E-state index in [-0.39, 0.29) is 13.2 Å². The Kier molecular flexibility index (Phi) is 11.8. The Morgan fingerprint density at radius 1 is 0.667 bits per heavy atom. The molecule has 0 amide bonds. The van der Waals surface area contributed by atoms with Crippen molar-refractivity contribution in [2.24, 2.45) is 0 Å². The zero-order chi connectivity index (χ0) is 13.7. The Morgan fingerprint density at radius 3 is 1.72 bits per heavy atom. The van der Waals surface area contributed by atoms with Gasteiger partial charge in [-0.15, -0.1) is 0 Å². The summed E-state index contributed by atoms with van der Waals surface area (Å²) >= 11 is 0. The third-order valence-electron chi connectivity index (χ3n) is 2.66. The van der Waals surface area contributed by atoms with Crippen LogP contribution in [0.15, 0.2) is 0 Å². The van der Waals surface area contributed by atoms with Crippen LogP contribution in [0.5, 0.6) is 0 Å². The minimum atomic E-state index is -3.75. The van der Waals surface area contributed by atoms with Crippen molar-refractivity contribution in [3.63, 3.8) is 0 Å². The molecule has 0 aliphatic heterocycles. The molecule has 0 N–H and O–H groups in total. The number of unbranched alkanes of at least 4 members (excludes halogenated alkanes) is 7. The molecule has 0 radical (unpaired) electrons. The summed E-state index contributed by atoms with van der Waals surface area (Å²) in [6.07, 6.45) is 10.0. The predicted molar refractivity (Wildman–Crippen MR) is 73.7 cm³/mol. The maximum Gasteiger partial charge on any atom is 0.399 e. The van der Waals surface area contributed by atoms with E-state index in [2.05, 4.69) is 11.1 Å². The molecule has 110 valence electrons. The van der Waals surface area contributed by atoms with Gasteiger partial charge < -0.3 is 0 Å². The molecule has 0 bridgehead atoms. The van der Waals surface area contributed by atoms with Gasteiger partial charge >= 0.3 is 10.4 Å². The lowest BCUT2D eigenvalue weighted by molar-refractivity contribution is 0.211. The van der Waals surface area contributed by atoms with Crippen molar-refractivity contribution in [1.29, 1.82) is 0 Å². The molecule has 0 saturated carbocycles. The average Bonchev–Trinajstić information content (AvgIpc) is 2.34. The average molecular weight is 280 g/mol. The first-order chi connectivity index (χ1) is 8.62. The summed E-state index contributed by atoms with van der Waals surface area (Å²) in [5, 5.41) is 0. The summed E-state index contributed by atoms with van der Waals surface area (Å²) in [5.41, 5.74) is 0. The zero-order valence-corrected chi connectivity index (χ0v) is 12.6. The van der Waals surface area contributed by atoms with Crippen molar-refractivity contribution in [1.82, 2.24) is 0 Å². The molecule has 0 aliphatic rings. The van der Waals surface area contributed by atoms with Crippen LogP contribution < -0.4 is 0 Å². The van der Waals surface area contributed by atoms with Crippen molar-refractivity contribution < 1.29 is 16.8 Å². The van der Waals surface area contributed by atoms with Crippen LogP contribution in [0.4, 0.5) is 0 Å². The van der Waals surface area contributed by atoms with Crippen molar-refractivity contribution in [3.05, 3.63) is 0 Å². The molecule has 0 unspecified atom stereocenters. The maximum absolute atomic E-state index is 11.2. The highest BCUT2D eigenvalue weighted by Gasteiger charge is 2.10. The number of hydrogen-bond acceptors (Lipinski definition) is 4. The van der Waals surface area contributed by atoms with Crippen molar-refractivity contribution >= 4 is 10.4 Å². The van der Waals surface area contributed by atoms with Gasteiger partial charge in [-0.1, -0.05) is 58.8 Å². The Bertz CT molecular complexity index is 262. The highest BCUT2D eigenvalue weighted by Crippen LogP contribution is 2.09. The third-order valence-corrected chi connectivity index (χ3v) is 3.57. The van der Waals surface area contributed by atoms with Crippen LogP contribution in [0.3, 0.4) is 0 Å². The second-order valence-electron chi connectivity index (χ2n) is 4.53. The normalized spacial score (nSPS) is 11.9. The lowest BCUT2D eigenvalue weighted by Gasteiger charge is -2.05. The predicted octanol–water partition coefficient (Wildman–Crippen LogP) is 3.82. The van der Waals surface area contributed by atoms with Crippen LogP contribution in [0.2, 0.25) is 0 Å². The van der Waals surface area contributed by atoms with Crippen molar-refractivity contribution in [2.75, 3.05) is 13.2 Å². The molecule has 0 aromatic heterocycles. The van der Waals surface area contributed by atoms with Gasteiger partial charge in [0.1, 0.15) is 0 Å². The van der Waals surface area contributed by atoms with E-state index in [4.69, 9.17) is 4.18 Å². The van der Waals surface area contributed by atoms with Gasteiger partial charge in [0, 0.05) is 0 Å². The maximum atomic E-state index is 11.2. The first-order valence-electron chi connectivity index (χ1n) is 7.16. The molecule has 0 saturated heterocycles. The molecule has 5 heteroatoms. The van der Waals surface area contributed by atoms with E-state index >= 15 is 0 Å². The van der Waals surface area contributed by atoms with Gasteiger partial charge in [-0.25, -0.2) is 8.37 Å². The van der Waals surface area contributed by atoms with Crippen LogP contribution >= 0.6 is 0 Å². The van der Waals surface area contributed by atoms with E-state index in [1.54, 1.807) is 0 Å². The minimum absolute atomic E-state index is 0.194. The third kappa shape index (κ3) is 12.3. The molecule has 4 nitrogen and oxygen atoms in total. The summed E-state index contributed by atoms with van der Waals surface area (Å²) in [4.78, 5) is 0. The smallest absolute Gasteiger partial charge is 0.248 e. The first-order valence-corrected chi connectivity index (χ1v) is 8.49. The lowest BCUT2D eigenvalue weighted by atomic mass is 10.1. The summed E-state index contributed by atoms with van der Waals surface area (Å²) < 4.78 is 31.6. The summed E-state index contributed by atoms with van der Waals surface area (Å²) in [5.74, 6) is 0. The molecular weight excluding hydrogens is 252 g/mol.